The van der Waals surface area contributed by atoms with Crippen molar-refractivity contribution >= 4 is 34.2 Å². The molecule has 0 radical (unpaired) electrons. The highest BCUT2D eigenvalue weighted by molar-refractivity contribution is 6.38. The SMILES string of the molecule is CCOc1c2c(c(OCC)c3ccccc13)C(=O)N(c1ccc(CC(=O)O)cc1C(F)(F)F)C2=O. The number of aliphatic carboxylic acids is 1. The van der Waals surface area contributed by atoms with Crippen LogP contribution >= 0.6 is 0 Å². The van der Waals surface area contributed by atoms with Crippen molar-refractivity contribution in [1.82, 2.24) is 0 Å². The molecule has 3 aromatic carbocycles. The molecule has 0 atom stereocenters. The summed E-state index contributed by atoms with van der Waals surface area (Å²) in [4.78, 5) is 38.6. The Labute approximate surface area is 197 Å². The Morgan fingerprint density at radius 3 is 1.86 bits per heavy atom. The van der Waals surface area contributed by atoms with Crippen LogP contribution in [-0.2, 0) is 17.4 Å². The maximum Gasteiger partial charge on any atom is 0.418 e. The van der Waals surface area contributed by atoms with Crippen LogP contribution in [0.4, 0.5) is 18.9 Å². The lowest BCUT2D eigenvalue weighted by Crippen LogP contribution is -2.31. The van der Waals surface area contributed by atoms with Gasteiger partial charge in [-0.2, -0.15) is 13.2 Å². The average Bonchev–Trinajstić information content (AvgIpc) is 3.05. The molecule has 0 unspecified atom stereocenters. The molecule has 1 aliphatic heterocycles. The standard InChI is InChI=1S/C25H20F3NO6/c1-3-34-21-14-7-5-6-8-15(14)22(35-4-2)20-19(21)23(32)29(24(20)33)17-10-9-13(12-18(30)31)11-16(17)25(26,27)28/h5-11H,3-4,12H2,1-2H3,(H,30,31). The number of carbonyl (C=O) groups is 3. The third-order valence-corrected chi connectivity index (χ3v) is 5.49. The zero-order valence-corrected chi connectivity index (χ0v) is 18.7. The van der Waals surface area contributed by atoms with Crippen LogP contribution in [0, 0.1) is 0 Å². The van der Waals surface area contributed by atoms with E-state index in [1.54, 1.807) is 38.1 Å². The number of rotatable bonds is 7. The fourth-order valence-corrected chi connectivity index (χ4v) is 4.20. The number of fused-ring (bicyclic) bond motifs is 2. The Kier molecular flexibility index (Phi) is 6.14. The molecule has 1 N–H and O–H groups in total. The molecular weight excluding hydrogens is 467 g/mol. The molecule has 1 aliphatic rings. The van der Waals surface area contributed by atoms with Gasteiger partial charge in [0.15, 0.2) is 0 Å². The molecular formula is C25H20F3NO6. The first kappa shape index (κ1) is 24.1. The Morgan fingerprint density at radius 1 is 0.914 bits per heavy atom. The molecule has 0 bridgehead atoms. The molecule has 0 saturated heterocycles. The number of hydrogen-bond acceptors (Lipinski definition) is 5. The third-order valence-electron chi connectivity index (χ3n) is 5.49. The monoisotopic (exact) mass is 487 g/mol. The number of carbonyl (C=O) groups excluding carboxylic acids is 2. The van der Waals surface area contributed by atoms with Gasteiger partial charge in [0.2, 0.25) is 0 Å². The molecule has 3 aromatic rings. The largest absolute Gasteiger partial charge is 0.492 e. The number of carboxylic acids is 1. The van der Waals surface area contributed by atoms with E-state index in [9.17, 15) is 27.6 Å². The van der Waals surface area contributed by atoms with Gasteiger partial charge in [-0.05, 0) is 31.5 Å². The molecule has 7 nitrogen and oxygen atoms in total. The van der Waals surface area contributed by atoms with Crippen molar-refractivity contribution in [3.05, 3.63) is 64.7 Å². The number of imide groups is 1. The second kappa shape index (κ2) is 8.94. The average molecular weight is 487 g/mol. The first-order chi connectivity index (χ1) is 16.6. The summed E-state index contributed by atoms with van der Waals surface area (Å²) in [6.07, 6.45) is -5.62. The first-order valence-electron chi connectivity index (χ1n) is 10.7. The number of halogens is 3. The Bertz CT molecular complexity index is 1300. The number of ether oxygens (including phenoxy) is 2. The zero-order valence-electron chi connectivity index (χ0n) is 18.7. The van der Waals surface area contributed by atoms with Crippen molar-refractivity contribution in [2.75, 3.05) is 18.1 Å². The maximum atomic E-state index is 14.0. The summed E-state index contributed by atoms with van der Waals surface area (Å²) >= 11 is 0. The minimum Gasteiger partial charge on any atom is -0.492 e. The topological polar surface area (TPSA) is 93.1 Å². The highest BCUT2D eigenvalue weighted by Crippen LogP contribution is 2.48. The molecule has 182 valence electrons. The van der Waals surface area contributed by atoms with Crippen LogP contribution in [-0.4, -0.2) is 36.1 Å². The van der Waals surface area contributed by atoms with Gasteiger partial charge in [-0.3, -0.25) is 14.4 Å². The molecule has 10 heteroatoms. The Hall–Kier alpha value is -4.08. The number of amides is 2. The van der Waals surface area contributed by atoms with Gasteiger partial charge in [-0.25, -0.2) is 4.90 Å². The fourth-order valence-electron chi connectivity index (χ4n) is 4.20. The molecule has 0 spiro atoms. The highest BCUT2D eigenvalue weighted by Gasteiger charge is 2.46. The third kappa shape index (κ3) is 4.05. The molecule has 0 aliphatic carbocycles. The lowest BCUT2D eigenvalue weighted by Gasteiger charge is -2.20. The summed E-state index contributed by atoms with van der Waals surface area (Å²) in [5, 5.41) is 9.93. The van der Waals surface area contributed by atoms with E-state index < -0.39 is 41.6 Å². The predicted octanol–water partition coefficient (Wildman–Crippen LogP) is 5.08. The van der Waals surface area contributed by atoms with Gasteiger partial charge in [-0.15, -0.1) is 0 Å². The van der Waals surface area contributed by atoms with Crippen LogP contribution in [0.2, 0.25) is 0 Å². The maximum absolute atomic E-state index is 14.0. The van der Waals surface area contributed by atoms with Gasteiger partial charge in [0.25, 0.3) is 11.8 Å². The molecule has 2 amide bonds. The van der Waals surface area contributed by atoms with Crippen molar-refractivity contribution in [3.8, 4) is 11.5 Å². The van der Waals surface area contributed by atoms with Crippen LogP contribution in [0.3, 0.4) is 0 Å². The van der Waals surface area contributed by atoms with E-state index in [2.05, 4.69) is 0 Å². The van der Waals surface area contributed by atoms with Gasteiger partial charge in [0.05, 0.1) is 42.0 Å². The molecule has 4 rings (SSSR count). The van der Waals surface area contributed by atoms with E-state index >= 15 is 0 Å². The zero-order chi connectivity index (χ0) is 25.5. The molecule has 0 fully saturated rings. The van der Waals surface area contributed by atoms with E-state index in [-0.39, 0.29) is 41.4 Å². The summed E-state index contributed by atoms with van der Waals surface area (Å²) < 4.78 is 53.4. The first-order valence-corrected chi connectivity index (χ1v) is 10.7. The second-order valence-corrected chi connectivity index (χ2v) is 7.69. The number of hydrogen-bond donors (Lipinski definition) is 1. The van der Waals surface area contributed by atoms with Gasteiger partial charge in [-0.1, -0.05) is 30.3 Å². The quantitative estimate of drug-likeness (QED) is 0.467. The number of benzene rings is 3. The number of alkyl halides is 3. The van der Waals surface area contributed by atoms with Crippen LogP contribution in [0.1, 0.15) is 45.7 Å². The van der Waals surface area contributed by atoms with E-state index in [0.717, 1.165) is 12.1 Å². The lowest BCUT2D eigenvalue weighted by molar-refractivity contribution is -0.138. The minimum absolute atomic E-state index is 0.0819. The summed E-state index contributed by atoms with van der Waals surface area (Å²) in [5.74, 6) is -3.13. The number of nitrogens with zero attached hydrogens (tertiary/aromatic N) is 1. The van der Waals surface area contributed by atoms with Crippen LogP contribution in [0.15, 0.2) is 42.5 Å². The van der Waals surface area contributed by atoms with E-state index in [0.29, 0.717) is 21.7 Å². The van der Waals surface area contributed by atoms with Crippen LogP contribution < -0.4 is 14.4 Å². The van der Waals surface area contributed by atoms with Gasteiger partial charge >= 0.3 is 12.1 Å². The molecule has 0 saturated carbocycles. The fraction of sp³-hybridized carbons (Fsp3) is 0.240. The second-order valence-electron chi connectivity index (χ2n) is 7.69. The van der Waals surface area contributed by atoms with Gasteiger partial charge in [0.1, 0.15) is 11.5 Å². The summed E-state index contributed by atoms with van der Waals surface area (Å²) in [5.41, 5.74) is -2.48. The van der Waals surface area contributed by atoms with Crippen molar-refractivity contribution in [2.45, 2.75) is 26.4 Å². The molecule has 0 aromatic heterocycles. The van der Waals surface area contributed by atoms with Crippen molar-refractivity contribution in [1.29, 1.82) is 0 Å². The van der Waals surface area contributed by atoms with Crippen molar-refractivity contribution in [3.63, 3.8) is 0 Å². The van der Waals surface area contributed by atoms with Crippen molar-refractivity contribution < 1.29 is 42.1 Å². The minimum atomic E-state index is -4.96. The Balaban J connectivity index is 1.99. The van der Waals surface area contributed by atoms with Crippen molar-refractivity contribution in [2.24, 2.45) is 0 Å². The number of carboxylic acid groups (broad SMARTS) is 1. The number of anilines is 1. The lowest BCUT2D eigenvalue weighted by atomic mass is 9.99. The summed E-state index contributed by atoms with van der Waals surface area (Å²) in [6, 6.07) is 9.46. The predicted molar refractivity (Wildman–Crippen MR) is 120 cm³/mol. The normalized spacial score (nSPS) is 13.3. The smallest absolute Gasteiger partial charge is 0.418 e. The summed E-state index contributed by atoms with van der Waals surface area (Å²) in [6.45, 7) is 3.65. The van der Waals surface area contributed by atoms with Crippen LogP contribution in [0.25, 0.3) is 10.8 Å². The van der Waals surface area contributed by atoms with Gasteiger partial charge < -0.3 is 14.6 Å². The van der Waals surface area contributed by atoms with E-state index in [1.165, 1.54) is 0 Å². The summed E-state index contributed by atoms with van der Waals surface area (Å²) in [7, 11) is 0. The van der Waals surface area contributed by atoms with E-state index in [4.69, 9.17) is 14.6 Å². The highest BCUT2D eigenvalue weighted by atomic mass is 19.4. The Morgan fingerprint density at radius 2 is 1.43 bits per heavy atom. The van der Waals surface area contributed by atoms with E-state index in [1.807, 2.05) is 0 Å². The molecule has 35 heavy (non-hydrogen) atoms. The van der Waals surface area contributed by atoms with Gasteiger partial charge in [0, 0.05) is 10.8 Å². The van der Waals surface area contributed by atoms with Crippen LogP contribution in [0.5, 0.6) is 11.5 Å². The molecule has 1 heterocycles.